The van der Waals surface area contributed by atoms with Gasteiger partial charge in [-0.25, -0.2) is 0 Å². The van der Waals surface area contributed by atoms with Gasteiger partial charge in [0, 0.05) is 5.92 Å². The zero-order chi connectivity index (χ0) is 14.9. The van der Waals surface area contributed by atoms with Crippen LogP contribution in [0.5, 0.6) is 0 Å². The molecule has 1 nitrogen and oxygen atoms in total. The summed E-state index contributed by atoms with van der Waals surface area (Å²) >= 11 is 0. The lowest BCUT2D eigenvalue weighted by atomic mass is 9.78. The van der Waals surface area contributed by atoms with Crippen LogP contribution in [-0.2, 0) is 4.79 Å². The van der Waals surface area contributed by atoms with Crippen molar-refractivity contribution in [3.8, 4) is 0 Å². The Morgan fingerprint density at radius 1 is 0.810 bits per heavy atom. The molecule has 0 amide bonds. The molecule has 0 aromatic carbocycles. The summed E-state index contributed by atoms with van der Waals surface area (Å²) in [5, 5.41) is 0. The molecule has 0 N–H and O–H groups in total. The molecule has 0 aliphatic heterocycles. The Morgan fingerprint density at radius 3 is 1.95 bits per heavy atom. The van der Waals surface area contributed by atoms with Crippen LogP contribution >= 0.6 is 0 Å². The maximum absolute atomic E-state index is 10.7. The van der Waals surface area contributed by atoms with Crippen LogP contribution < -0.4 is 0 Å². The van der Waals surface area contributed by atoms with Crippen LogP contribution in [0.25, 0.3) is 0 Å². The highest BCUT2D eigenvalue weighted by Gasteiger charge is 2.20. The number of aldehydes is 1. The molecule has 2 saturated carbocycles. The summed E-state index contributed by atoms with van der Waals surface area (Å²) in [6.45, 7) is 2.32. The van der Waals surface area contributed by atoms with Gasteiger partial charge in [0.15, 0.2) is 0 Å². The second-order valence-electron chi connectivity index (χ2n) is 7.49. The number of carbonyl (C=O) groups excluding carboxylic acids is 1. The second-order valence-corrected chi connectivity index (χ2v) is 7.49. The van der Waals surface area contributed by atoms with Gasteiger partial charge in [-0.05, 0) is 56.3 Å². The van der Waals surface area contributed by atoms with Crippen molar-refractivity contribution in [2.45, 2.75) is 84.0 Å². The van der Waals surface area contributed by atoms with Crippen molar-refractivity contribution in [2.24, 2.45) is 23.7 Å². The van der Waals surface area contributed by atoms with E-state index in [4.69, 9.17) is 0 Å². The predicted molar refractivity (Wildman–Crippen MR) is 90.2 cm³/mol. The molecule has 0 spiro atoms. The third kappa shape index (κ3) is 5.96. The zero-order valence-corrected chi connectivity index (χ0v) is 13.9. The van der Waals surface area contributed by atoms with Gasteiger partial charge in [0.05, 0.1) is 0 Å². The molecule has 120 valence electrons. The average molecular weight is 290 g/mol. The average Bonchev–Trinajstić information content (AvgIpc) is 2.54. The molecular formula is C20H34O. The summed E-state index contributed by atoms with van der Waals surface area (Å²) in [5.41, 5.74) is 0. The fraction of sp³-hybridized carbons (Fsp3) is 0.850. The van der Waals surface area contributed by atoms with Crippen molar-refractivity contribution >= 4 is 6.29 Å². The molecule has 0 atom stereocenters. The SMILES string of the molecule is CCC[C@H]1CC[C@H](CCC=CC2CCC(C=O)CC2)CC1. The van der Waals surface area contributed by atoms with Crippen molar-refractivity contribution in [3.63, 3.8) is 0 Å². The minimum Gasteiger partial charge on any atom is -0.303 e. The Balaban J connectivity index is 1.55. The fourth-order valence-corrected chi connectivity index (χ4v) is 4.31. The van der Waals surface area contributed by atoms with Crippen LogP contribution in [0, 0.1) is 23.7 Å². The Kier molecular flexibility index (Phi) is 7.53. The summed E-state index contributed by atoms with van der Waals surface area (Å²) in [5.74, 6) is 3.14. The minimum atomic E-state index is 0.355. The molecule has 0 radical (unpaired) electrons. The van der Waals surface area contributed by atoms with E-state index in [1.165, 1.54) is 64.2 Å². The largest absolute Gasteiger partial charge is 0.303 e. The third-order valence-corrected chi connectivity index (χ3v) is 5.82. The molecule has 1 heteroatoms. The first-order valence-corrected chi connectivity index (χ1v) is 9.43. The zero-order valence-electron chi connectivity index (χ0n) is 13.9. The van der Waals surface area contributed by atoms with Gasteiger partial charge in [-0.15, -0.1) is 0 Å². The van der Waals surface area contributed by atoms with Crippen LogP contribution in [0.4, 0.5) is 0 Å². The smallest absolute Gasteiger partial charge is 0.123 e. The van der Waals surface area contributed by atoms with Crippen LogP contribution in [0.2, 0.25) is 0 Å². The summed E-state index contributed by atoms with van der Waals surface area (Å²) < 4.78 is 0. The molecule has 2 rings (SSSR count). The Hall–Kier alpha value is -0.590. The molecule has 21 heavy (non-hydrogen) atoms. The van der Waals surface area contributed by atoms with Crippen LogP contribution in [0.1, 0.15) is 84.0 Å². The highest BCUT2D eigenvalue weighted by atomic mass is 16.1. The van der Waals surface area contributed by atoms with Gasteiger partial charge in [-0.2, -0.15) is 0 Å². The summed E-state index contributed by atoms with van der Waals surface area (Å²) in [4.78, 5) is 10.7. The van der Waals surface area contributed by atoms with E-state index in [1.54, 1.807) is 0 Å². The van der Waals surface area contributed by atoms with E-state index in [0.717, 1.165) is 36.9 Å². The summed E-state index contributed by atoms with van der Waals surface area (Å²) in [6, 6.07) is 0. The standard InChI is InChI=1S/C20H34O/c1-2-5-17-8-10-18(11-9-17)6-3-4-7-19-12-14-20(16-21)15-13-19/h4,7,16-20H,2-3,5-6,8-15H2,1H3/t17-,18-,19?,20?. The molecule has 0 saturated heterocycles. The van der Waals surface area contributed by atoms with E-state index >= 15 is 0 Å². The maximum atomic E-state index is 10.7. The van der Waals surface area contributed by atoms with E-state index in [2.05, 4.69) is 19.1 Å². The molecule has 0 bridgehead atoms. The van der Waals surface area contributed by atoms with Crippen molar-refractivity contribution < 1.29 is 4.79 Å². The number of hydrogen-bond donors (Lipinski definition) is 0. The van der Waals surface area contributed by atoms with Gasteiger partial charge in [-0.1, -0.05) is 57.6 Å². The monoisotopic (exact) mass is 290 g/mol. The molecule has 0 aromatic rings. The first kappa shape index (κ1) is 16.8. The van der Waals surface area contributed by atoms with Crippen molar-refractivity contribution in [1.82, 2.24) is 0 Å². The third-order valence-electron chi connectivity index (χ3n) is 5.82. The minimum absolute atomic E-state index is 0.355. The Bertz CT molecular complexity index is 304. The van der Waals surface area contributed by atoms with Gasteiger partial charge in [-0.3, -0.25) is 0 Å². The summed E-state index contributed by atoms with van der Waals surface area (Å²) in [6.07, 6.45) is 22.1. The number of carbonyl (C=O) groups is 1. The van der Waals surface area contributed by atoms with Crippen LogP contribution in [-0.4, -0.2) is 6.29 Å². The van der Waals surface area contributed by atoms with E-state index in [1.807, 2.05) is 0 Å². The quantitative estimate of drug-likeness (QED) is 0.419. The molecule has 2 aliphatic carbocycles. The normalized spacial score (nSPS) is 34.1. The molecule has 0 aromatic heterocycles. The fourth-order valence-electron chi connectivity index (χ4n) is 4.31. The van der Waals surface area contributed by atoms with Crippen LogP contribution in [0.3, 0.4) is 0 Å². The number of allylic oxidation sites excluding steroid dienone is 2. The van der Waals surface area contributed by atoms with E-state index in [-0.39, 0.29) is 0 Å². The van der Waals surface area contributed by atoms with Crippen molar-refractivity contribution in [3.05, 3.63) is 12.2 Å². The predicted octanol–water partition coefficient (Wildman–Crippen LogP) is 5.93. The van der Waals surface area contributed by atoms with E-state index < -0.39 is 0 Å². The first-order chi connectivity index (χ1) is 10.3. The highest BCUT2D eigenvalue weighted by molar-refractivity contribution is 5.53. The van der Waals surface area contributed by atoms with E-state index in [0.29, 0.717) is 5.92 Å². The van der Waals surface area contributed by atoms with Gasteiger partial charge < -0.3 is 4.79 Å². The maximum Gasteiger partial charge on any atom is 0.123 e. The highest BCUT2D eigenvalue weighted by Crippen LogP contribution is 2.34. The molecule has 0 unspecified atom stereocenters. The lowest BCUT2D eigenvalue weighted by molar-refractivity contribution is -0.112. The van der Waals surface area contributed by atoms with Crippen molar-refractivity contribution in [2.75, 3.05) is 0 Å². The number of hydrogen-bond acceptors (Lipinski definition) is 1. The number of rotatable bonds is 7. The van der Waals surface area contributed by atoms with Gasteiger partial charge in [0.2, 0.25) is 0 Å². The molecule has 0 heterocycles. The Labute approximate surface area is 131 Å². The Morgan fingerprint density at radius 2 is 1.38 bits per heavy atom. The van der Waals surface area contributed by atoms with Crippen LogP contribution in [0.15, 0.2) is 12.2 Å². The lowest BCUT2D eigenvalue weighted by Crippen LogP contribution is -2.14. The van der Waals surface area contributed by atoms with Crippen molar-refractivity contribution in [1.29, 1.82) is 0 Å². The topological polar surface area (TPSA) is 17.1 Å². The second kappa shape index (κ2) is 9.43. The van der Waals surface area contributed by atoms with Gasteiger partial charge in [0.1, 0.15) is 6.29 Å². The van der Waals surface area contributed by atoms with Gasteiger partial charge >= 0.3 is 0 Å². The molecule has 2 fully saturated rings. The lowest BCUT2D eigenvalue weighted by Gasteiger charge is -2.28. The first-order valence-electron chi connectivity index (χ1n) is 9.43. The van der Waals surface area contributed by atoms with Gasteiger partial charge in [0.25, 0.3) is 0 Å². The van der Waals surface area contributed by atoms with E-state index in [9.17, 15) is 4.79 Å². The molecule has 2 aliphatic rings. The summed E-state index contributed by atoms with van der Waals surface area (Å²) in [7, 11) is 0. The molecular weight excluding hydrogens is 256 g/mol.